The molecule has 0 aliphatic carbocycles. The molecule has 0 aliphatic rings. The first kappa shape index (κ1) is 26.6. The van der Waals surface area contributed by atoms with E-state index in [1.807, 2.05) is 25.1 Å². The van der Waals surface area contributed by atoms with Crippen molar-refractivity contribution < 1.29 is 14.6 Å². The highest BCUT2D eigenvalue weighted by molar-refractivity contribution is 5.82. The van der Waals surface area contributed by atoms with Gasteiger partial charge in [-0.3, -0.25) is 4.79 Å². The summed E-state index contributed by atoms with van der Waals surface area (Å²) in [7, 11) is 0. The number of aliphatic hydroxyl groups is 1. The molecule has 11 nitrogen and oxygen atoms in total. The van der Waals surface area contributed by atoms with E-state index in [0.29, 0.717) is 28.1 Å². The fraction of sp³-hybridized carbons (Fsp3) is 0.207. The molecule has 40 heavy (non-hydrogen) atoms. The number of amides is 1. The van der Waals surface area contributed by atoms with E-state index in [4.69, 9.17) is 10.5 Å². The Bertz CT molecular complexity index is 1780. The molecule has 0 bridgehead atoms. The van der Waals surface area contributed by atoms with Gasteiger partial charge in [0.2, 0.25) is 0 Å². The Labute approximate surface area is 229 Å². The number of nitrogens with zero attached hydrogens (tertiary/aromatic N) is 5. The molecule has 0 radical (unpaired) electrons. The summed E-state index contributed by atoms with van der Waals surface area (Å²) < 4.78 is 7.85. The number of ether oxygens (including phenoxy) is 1. The minimum absolute atomic E-state index is 0.0554. The number of aryl methyl sites for hydroxylation is 1. The molecule has 0 fully saturated rings. The van der Waals surface area contributed by atoms with Crippen LogP contribution in [0.1, 0.15) is 37.5 Å². The average Bonchev–Trinajstić information content (AvgIpc) is 3.30. The van der Waals surface area contributed by atoms with E-state index in [1.165, 1.54) is 15.6 Å². The van der Waals surface area contributed by atoms with E-state index < -0.39 is 12.7 Å². The maximum atomic E-state index is 13.5. The zero-order valence-electron chi connectivity index (χ0n) is 22.5. The molecule has 0 atom stereocenters. The lowest BCUT2D eigenvalue weighted by molar-refractivity contribution is 0.211. The molecule has 11 heteroatoms. The van der Waals surface area contributed by atoms with Gasteiger partial charge in [0.1, 0.15) is 5.82 Å². The van der Waals surface area contributed by atoms with Crippen molar-refractivity contribution in [2.24, 2.45) is 5.73 Å². The van der Waals surface area contributed by atoms with E-state index in [-0.39, 0.29) is 22.5 Å². The molecule has 0 saturated heterocycles. The number of aliphatic hydroxyl groups excluding tert-OH is 1. The van der Waals surface area contributed by atoms with E-state index in [1.54, 1.807) is 42.7 Å². The van der Waals surface area contributed by atoms with Crippen molar-refractivity contribution in [1.82, 2.24) is 24.5 Å². The van der Waals surface area contributed by atoms with Gasteiger partial charge >= 0.3 is 6.09 Å². The first-order valence-electron chi connectivity index (χ1n) is 12.6. The van der Waals surface area contributed by atoms with Crippen molar-refractivity contribution in [1.29, 1.82) is 0 Å². The molecule has 2 aromatic carbocycles. The Hall–Kier alpha value is -5.03. The van der Waals surface area contributed by atoms with Crippen LogP contribution in [-0.2, 0) is 12.0 Å². The number of fused-ring (bicyclic) bond motifs is 1. The first-order valence-corrected chi connectivity index (χ1v) is 12.6. The Morgan fingerprint density at radius 3 is 2.55 bits per heavy atom. The minimum atomic E-state index is -1.02. The molecular weight excluding hydrogens is 510 g/mol. The van der Waals surface area contributed by atoms with Gasteiger partial charge in [0.25, 0.3) is 5.56 Å². The van der Waals surface area contributed by atoms with Crippen molar-refractivity contribution in [3.63, 3.8) is 0 Å². The number of carbonyl (C=O) groups excluding carboxylic acids is 1. The molecule has 5 aromatic rings. The van der Waals surface area contributed by atoms with Crippen LogP contribution in [0.15, 0.2) is 71.9 Å². The summed E-state index contributed by atoms with van der Waals surface area (Å²) in [6.07, 6.45) is 3.75. The van der Waals surface area contributed by atoms with Crippen LogP contribution in [0.25, 0.3) is 22.1 Å². The van der Waals surface area contributed by atoms with Crippen molar-refractivity contribution >= 4 is 28.5 Å². The Balaban J connectivity index is 1.60. The molecule has 4 N–H and O–H groups in total. The quantitative estimate of drug-likeness (QED) is 0.290. The van der Waals surface area contributed by atoms with Gasteiger partial charge in [-0.15, -0.1) is 5.10 Å². The Morgan fingerprint density at radius 2 is 1.88 bits per heavy atom. The number of benzene rings is 2. The summed E-state index contributed by atoms with van der Waals surface area (Å²) in [5.41, 5.74) is 8.15. The fourth-order valence-corrected chi connectivity index (χ4v) is 4.34. The standard InChI is InChI=1S/C29H29N7O4/c1-17-8-11-25(31-13-17)33-26-24(40-28(30)39)15-35(34-26)22-6-5-7-23(21(22)16-37)36-27(38)20-10-9-19(29(2,3)4)12-18(20)14-32-36/h5-15,37H,16H2,1-4H3,(H2,30,39)(H,31,33,34). The Morgan fingerprint density at radius 1 is 1.10 bits per heavy atom. The van der Waals surface area contributed by atoms with Crippen LogP contribution in [0, 0.1) is 6.92 Å². The second-order valence-corrected chi connectivity index (χ2v) is 10.4. The molecule has 3 heterocycles. The second kappa shape index (κ2) is 10.3. The highest BCUT2D eigenvalue weighted by Gasteiger charge is 2.20. The van der Waals surface area contributed by atoms with Gasteiger partial charge in [-0.05, 0) is 53.8 Å². The normalized spacial score (nSPS) is 11.5. The van der Waals surface area contributed by atoms with E-state index in [9.17, 15) is 14.7 Å². The Kier molecular flexibility index (Phi) is 6.82. The van der Waals surface area contributed by atoms with Crippen LogP contribution in [0.5, 0.6) is 5.75 Å². The lowest BCUT2D eigenvalue weighted by Crippen LogP contribution is -2.23. The second-order valence-electron chi connectivity index (χ2n) is 10.4. The maximum absolute atomic E-state index is 13.5. The number of rotatable bonds is 6. The number of carbonyl (C=O) groups is 1. The van der Waals surface area contributed by atoms with Crippen LogP contribution in [-0.4, -0.2) is 35.7 Å². The van der Waals surface area contributed by atoms with Crippen LogP contribution in [0.3, 0.4) is 0 Å². The van der Waals surface area contributed by atoms with Gasteiger partial charge in [-0.1, -0.05) is 39.0 Å². The number of nitrogens with one attached hydrogen (secondary N) is 1. The van der Waals surface area contributed by atoms with Crippen LogP contribution in [0.2, 0.25) is 0 Å². The van der Waals surface area contributed by atoms with Gasteiger partial charge in [-0.25, -0.2) is 14.5 Å². The average molecular weight is 540 g/mol. The predicted molar refractivity (Wildman–Crippen MR) is 152 cm³/mol. The summed E-state index contributed by atoms with van der Waals surface area (Å²) in [6, 6.07) is 14.5. The summed E-state index contributed by atoms with van der Waals surface area (Å²) >= 11 is 0. The topological polar surface area (TPSA) is 150 Å². The molecule has 0 spiro atoms. The summed E-state index contributed by atoms with van der Waals surface area (Å²) in [4.78, 5) is 29.4. The third kappa shape index (κ3) is 5.14. The third-order valence-electron chi connectivity index (χ3n) is 6.46. The highest BCUT2D eigenvalue weighted by atomic mass is 16.5. The molecule has 0 unspecified atom stereocenters. The SMILES string of the molecule is Cc1ccc(Nc2nn(-c3cccc(-n4ncc5cc(C(C)(C)C)ccc5c4=O)c3CO)cc2OC(N)=O)nc1. The molecular formula is C29H29N7O4. The van der Waals surface area contributed by atoms with Crippen molar-refractivity contribution in [3.05, 3.63) is 94.2 Å². The molecule has 5 rings (SSSR count). The van der Waals surface area contributed by atoms with Gasteiger partial charge in [0.05, 0.1) is 35.8 Å². The minimum Gasteiger partial charge on any atom is -0.405 e. The van der Waals surface area contributed by atoms with Gasteiger partial charge < -0.3 is 20.9 Å². The molecule has 1 amide bonds. The fourth-order valence-electron chi connectivity index (χ4n) is 4.34. The number of pyridine rings is 1. The maximum Gasteiger partial charge on any atom is 0.410 e. The predicted octanol–water partition coefficient (Wildman–Crippen LogP) is 4.27. The number of primary amides is 1. The zero-order chi connectivity index (χ0) is 28.6. The number of anilines is 2. The molecule has 0 aliphatic heterocycles. The number of aromatic nitrogens is 5. The first-order chi connectivity index (χ1) is 19.0. The van der Waals surface area contributed by atoms with Crippen molar-refractivity contribution in [3.8, 4) is 17.1 Å². The van der Waals surface area contributed by atoms with E-state index >= 15 is 0 Å². The lowest BCUT2D eigenvalue weighted by atomic mass is 9.86. The zero-order valence-corrected chi connectivity index (χ0v) is 22.5. The number of hydrogen-bond donors (Lipinski definition) is 3. The summed E-state index contributed by atoms with van der Waals surface area (Å²) in [5.74, 6) is 0.711. The van der Waals surface area contributed by atoms with E-state index in [2.05, 4.69) is 41.3 Å². The van der Waals surface area contributed by atoms with Crippen molar-refractivity contribution in [2.75, 3.05) is 5.32 Å². The van der Waals surface area contributed by atoms with Gasteiger partial charge in [-0.2, -0.15) is 9.78 Å². The smallest absolute Gasteiger partial charge is 0.405 e. The number of hydrogen-bond acceptors (Lipinski definition) is 8. The molecule has 3 aromatic heterocycles. The van der Waals surface area contributed by atoms with Gasteiger partial charge in [0.15, 0.2) is 11.6 Å². The van der Waals surface area contributed by atoms with Crippen molar-refractivity contribution in [2.45, 2.75) is 39.7 Å². The van der Waals surface area contributed by atoms with Crippen LogP contribution >= 0.6 is 0 Å². The highest BCUT2D eigenvalue weighted by Crippen LogP contribution is 2.30. The van der Waals surface area contributed by atoms with Crippen LogP contribution < -0.4 is 21.3 Å². The lowest BCUT2D eigenvalue weighted by Gasteiger charge is -2.19. The summed E-state index contributed by atoms with van der Waals surface area (Å²) in [5, 5.41) is 23.6. The van der Waals surface area contributed by atoms with Gasteiger partial charge in [0, 0.05) is 17.1 Å². The van der Waals surface area contributed by atoms with Crippen LogP contribution in [0.4, 0.5) is 16.4 Å². The molecule has 0 saturated carbocycles. The molecule has 204 valence electrons. The largest absolute Gasteiger partial charge is 0.410 e. The number of nitrogens with two attached hydrogens (primary N) is 1. The van der Waals surface area contributed by atoms with E-state index in [0.717, 1.165) is 16.5 Å². The monoisotopic (exact) mass is 539 g/mol. The third-order valence-corrected chi connectivity index (χ3v) is 6.46. The summed E-state index contributed by atoms with van der Waals surface area (Å²) in [6.45, 7) is 7.81.